The first kappa shape index (κ1) is 20.6. The van der Waals surface area contributed by atoms with Crippen molar-refractivity contribution in [3.8, 4) is 0 Å². The molecule has 152 valence electrons. The Labute approximate surface area is 169 Å². The minimum Gasteiger partial charge on any atom is -0.467 e. The quantitative estimate of drug-likeness (QED) is 0.685. The average Bonchev–Trinajstić information content (AvgIpc) is 2.66. The Morgan fingerprint density at radius 3 is 2.54 bits per heavy atom. The zero-order valence-electron chi connectivity index (χ0n) is 15.9. The number of esters is 1. The Morgan fingerprint density at radius 1 is 1.29 bits per heavy atom. The number of amides is 1. The highest BCUT2D eigenvalue weighted by molar-refractivity contribution is 8.08. The smallest absolute Gasteiger partial charge is 0.330 e. The Balaban J connectivity index is 2.08. The summed E-state index contributed by atoms with van der Waals surface area (Å²) in [6.07, 6.45) is 1.60. The first-order valence-electron chi connectivity index (χ1n) is 8.96. The Morgan fingerprint density at radius 2 is 1.93 bits per heavy atom. The molecule has 0 bridgehead atoms. The molecule has 1 aromatic rings. The number of methoxy groups -OCH3 is 1. The summed E-state index contributed by atoms with van der Waals surface area (Å²) in [6.45, 7) is 4.54. The Hall–Kier alpha value is -2.13. The van der Waals surface area contributed by atoms with Gasteiger partial charge >= 0.3 is 5.97 Å². The topological polar surface area (TPSA) is 96.3 Å². The number of benzene rings is 1. The van der Waals surface area contributed by atoms with Gasteiger partial charge in [-0.2, -0.15) is 5.10 Å². The largest absolute Gasteiger partial charge is 0.467 e. The van der Waals surface area contributed by atoms with Gasteiger partial charge in [-0.05, 0) is 43.9 Å². The van der Waals surface area contributed by atoms with E-state index in [2.05, 4.69) is 12.0 Å². The monoisotopic (exact) mass is 427 g/mol. The number of nitrogens with zero attached hydrogens (tertiary/aromatic N) is 3. The lowest BCUT2D eigenvalue weighted by Gasteiger charge is -2.34. The van der Waals surface area contributed by atoms with Crippen LogP contribution in [0.25, 0.3) is 0 Å². The van der Waals surface area contributed by atoms with Gasteiger partial charge in [0.1, 0.15) is 6.04 Å². The number of ether oxygens (including phenoxy) is 1. The number of carbonyl (C=O) groups is 2. The molecule has 0 unspecified atom stereocenters. The fourth-order valence-corrected chi connectivity index (χ4v) is 4.88. The van der Waals surface area contributed by atoms with E-state index in [9.17, 15) is 18.0 Å². The maximum atomic E-state index is 13.1. The van der Waals surface area contributed by atoms with E-state index >= 15 is 0 Å². The minimum absolute atomic E-state index is 0.114. The van der Waals surface area contributed by atoms with Crippen molar-refractivity contribution in [3.63, 3.8) is 0 Å². The number of hydrogen-bond donors (Lipinski definition) is 0. The van der Waals surface area contributed by atoms with Crippen LogP contribution in [0.15, 0.2) is 28.2 Å². The van der Waals surface area contributed by atoms with Crippen LogP contribution in [0.1, 0.15) is 26.7 Å². The van der Waals surface area contributed by atoms with Crippen LogP contribution in [-0.2, 0) is 24.2 Å². The summed E-state index contributed by atoms with van der Waals surface area (Å²) in [5, 5.41) is 4.97. The first-order valence-corrected chi connectivity index (χ1v) is 10.8. The molecule has 0 spiro atoms. The lowest BCUT2D eigenvalue weighted by molar-refractivity contribution is -0.141. The molecule has 0 aromatic heterocycles. The van der Waals surface area contributed by atoms with Crippen LogP contribution in [0.4, 0.5) is 5.69 Å². The van der Waals surface area contributed by atoms with Gasteiger partial charge in [0.15, 0.2) is 0 Å². The molecule has 2 heterocycles. The number of likely N-dealkylation sites (tertiary alicyclic amines) is 1. The normalized spacial score (nSPS) is 20.2. The van der Waals surface area contributed by atoms with Crippen molar-refractivity contribution in [1.82, 2.24) is 4.90 Å². The number of anilines is 1. The molecule has 0 radical (unpaired) electrons. The van der Waals surface area contributed by atoms with Gasteiger partial charge in [0.25, 0.3) is 5.91 Å². The van der Waals surface area contributed by atoms with E-state index in [0.717, 1.165) is 12.8 Å². The first-order chi connectivity index (χ1) is 13.2. The van der Waals surface area contributed by atoms with Crippen LogP contribution in [0.3, 0.4) is 0 Å². The number of sulfone groups is 1. The number of hydrazone groups is 1. The molecule has 28 heavy (non-hydrogen) atoms. The molecule has 2 aliphatic heterocycles. The molecule has 1 aromatic carbocycles. The summed E-state index contributed by atoms with van der Waals surface area (Å²) in [5.74, 6) is -0.796. The van der Waals surface area contributed by atoms with Crippen LogP contribution in [-0.4, -0.2) is 56.5 Å². The maximum absolute atomic E-state index is 13.1. The summed E-state index contributed by atoms with van der Waals surface area (Å²) in [4.78, 5) is 26.5. The molecule has 1 amide bonds. The van der Waals surface area contributed by atoms with Crippen LogP contribution in [0, 0.1) is 5.92 Å². The fraction of sp³-hybridized carbons (Fsp3) is 0.500. The van der Waals surface area contributed by atoms with Gasteiger partial charge in [0.2, 0.25) is 14.9 Å². The molecular weight excluding hydrogens is 406 g/mol. The van der Waals surface area contributed by atoms with E-state index in [1.54, 1.807) is 0 Å². The summed E-state index contributed by atoms with van der Waals surface area (Å²) >= 11 is 6.03. The van der Waals surface area contributed by atoms with Crippen molar-refractivity contribution < 1.29 is 22.7 Å². The SMILES string of the molecule is COC(=O)[C@H](C)N1N=C(C(=O)N2CCC(C)CC2)S(=O)(=O)c2ccc(Cl)cc21. The molecule has 0 N–H and O–H groups in total. The third kappa shape index (κ3) is 3.60. The summed E-state index contributed by atoms with van der Waals surface area (Å²) in [6, 6.07) is 3.21. The predicted octanol–water partition coefficient (Wildman–Crippen LogP) is 2.07. The number of carbonyl (C=O) groups excluding carboxylic acids is 2. The minimum atomic E-state index is -4.15. The van der Waals surface area contributed by atoms with E-state index in [1.165, 1.54) is 42.1 Å². The summed E-state index contributed by atoms with van der Waals surface area (Å²) in [7, 11) is -2.93. The average molecular weight is 428 g/mol. The van der Waals surface area contributed by atoms with Gasteiger partial charge in [0.05, 0.1) is 17.7 Å². The number of rotatable bonds is 3. The highest BCUT2D eigenvalue weighted by Gasteiger charge is 2.42. The molecule has 1 saturated heterocycles. The van der Waals surface area contributed by atoms with Crippen molar-refractivity contribution in [3.05, 3.63) is 23.2 Å². The third-order valence-electron chi connectivity index (χ3n) is 5.07. The maximum Gasteiger partial charge on any atom is 0.330 e. The highest BCUT2D eigenvalue weighted by atomic mass is 35.5. The van der Waals surface area contributed by atoms with Gasteiger partial charge in [-0.15, -0.1) is 0 Å². The molecule has 0 saturated carbocycles. The predicted molar refractivity (Wildman–Crippen MR) is 105 cm³/mol. The zero-order valence-corrected chi connectivity index (χ0v) is 17.5. The van der Waals surface area contributed by atoms with Crippen LogP contribution < -0.4 is 5.01 Å². The Kier molecular flexibility index (Phi) is 5.67. The number of piperidine rings is 1. The molecule has 10 heteroatoms. The second-order valence-corrected chi connectivity index (χ2v) is 9.31. The third-order valence-corrected chi connectivity index (χ3v) is 7.00. The van der Waals surface area contributed by atoms with E-state index in [-0.39, 0.29) is 15.6 Å². The van der Waals surface area contributed by atoms with Crippen molar-refractivity contribution in [2.45, 2.75) is 37.6 Å². The molecule has 0 aliphatic carbocycles. The van der Waals surface area contributed by atoms with Gasteiger partial charge in [-0.1, -0.05) is 18.5 Å². The molecule has 2 aliphatic rings. The second-order valence-electron chi connectivity index (χ2n) is 7.04. The molecule has 8 nitrogen and oxygen atoms in total. The van der Waals surface area contributed by atoms with Crippen molar-refractivity contribution >= 4 is 44.0 Å². The molecule has 1 fully saturated rings. The zero-order chi connectivity index (χ0) is 20.6. The summed E-state index contributed by atoms with van der Waals surface area (Å²) in [5.41, 5.74) is 0.134. The van der Waals surface area contributed by atoms with Gasteiger partial charge in [-0.3, -0.25) is 4.79 Å². The van der Waals surface area contributed by atoms with Crippen molar-refractivity contribution in [2.75, 3.05) is 25.2 Å². The van der Waals surface area contributed by atoms with E-state index in [0.29, 0.717) is 19.0 Å². The van der Waals surface area contributed by atoms with Gasteiger partial charge in [0, 0.05) is 18.1 Å². The van der Waals surface area contributed by atoms with Gasteiger partial charge in [-0.25, -0.2) is 18.2 Å². The lowest BCUT2D eigenvalue weighted by Crippen LogP contribution is -2.48. The van der Waals surface area contributed by atoms with Gasteiger partial charge < -0.3 is 9.64 Å². The van der Waals surface area contributed by atoms with Crippen LogP contribution in [0.5, 0.6) is 0 Å². The van der Waals surface area contributed by atoms with Crippen LogP contribution >= 0.6 is 11.6 Å². The number of fused-ring (bicyclic) bond motifs is 1. The number of halogens is 1. The number of hydrogen-bond acceptors (Lipinski definition) is 7. The highest BCUT2D eigenvalue weighted by Crippen LogP contribution is 2.36. The van der Waals surface area contributed by atoms with Crippen molar-refractivity contribution in [1.29, 1.82) is 0 Å². The van der Waals surface area contributed by atoms with E-state index in [1.807, 2.05) is 0 Å². The standard InChI is InChI=1S/C18H22ClN3O5S/c1-11-6-8-21(9-7-11)17(23)16-20-22(12(2)18(24)27-3)14-10-13(19)4-5-15(14)28(16,25)26/h4-5,10-12H,6-9H2,1-3H3/t12-/m0/s1. The van der Waals surface area contributed by atoms with Crippen molar-refractivity contribution in [2.24, 2.45) is 11.0 Å². The second kappa shape index (κ2) is 7.71. The Bertz CT molecular complexity index is 939. The van der Waals surface area contributed by atoms with E-state index in [4.69, 9.17) is 16.3 Å². The molecule has 3 rings (SSSR count). The van der Waals surface area contributed by atoms with Crippen LogP contribution in [0.2, 0.25) is 5.02 Å². The molecular formula is C18H22ClN3O5S. The summed E-state index contributed by atoms with van der Waals surface area (Å²) < 4.78 is 31.0. The molecule has 1 atom stereocenters. The van der Waals surface area contributed by atoms with E-state index < -0.39 is 32.8 Å². The lowest BCUT2D eigenvalue weighted by atomic mass is 9.99. The fourth-order valence-electron chi connectivity index (χ4n) is 3.28.